The van der Waals surface area contributed by atoms with Crippen LogP contribution in [-0.4, -0.2) is 43.1 Å². The van der Waals surface area contributed by atoms with Crippen LogP contribution in [0.5, 0.6) is 17.2 Å². The van der Waals surface area contributed by atoms with Gasteiger partial charge in [0.25, 0.3) is 16.8 Å². The third kappa shape index (κ3) is 5.84. The number of halogens is 1. The highest BCUT2D eigenvalue weighted by atomic mass is 79.9. The van der Waals surface area contributed by atoms with Gasteiger partial charge in [-0.05, 0) is 71.9 Å². The molecule has 13 heteroatoms. The first kappa shape index (κ1) is 26.1. The number of amides is 2. The smallest absolute Gasteiger partial charge is 0.293 e. The van der Waals surface area contributed by atoms with Gasteiger partial charge in [-0.2, -0.15) is 0 Å². The topological polar surface area (TPSA) is 130 Å². The first-order valence-electron chi connectivity index (χ1n) is 11.3. The van der Waals surface area contributed by atoms with E-state index in [4.69, 9.17) is 9.47 Å². The number of benzene rings is 3. The number of ether oxygens (including phenoxy) is 2. The monoisotopic (exact) mass is 607 g/mol. The summed E-state index contributed by atoms with van der Waals surface area (Å²) in [6.45, 7) is -0.0100. The Hall–Kier alpha value is -4.49. The number of thioether (sulfide) groups is 1. The molecule has 0 spiro atoms. The molecule has 3 aromatic carbocycles. The molecule has 0 N–H and O–H groups in total. The molecule has 0 aliphatic carbocycles. The summed E-state index contributed by atoms with van der Waals surface area (Å²) in [6.07, 6.45) is 3.27. The van der Waals surface area contributed by atoms with Crippen molar-refractivity contribution in [2.75, 3.05) is 7.11 Å². The van der Waals surface area contributed by atoms with Crippen molar-refractivity contribution >= 4 is 50.6 Å². The van der Waals surface area contributed by atoms with Gasteiger partial charge in [0, 0.05) is 16.6 Å². The Bertz CT molecular complexity index is 1600. The molecule has 1 aliphatic rings. The van der Waals surface area contributed by atoms with Crippen LogP contribution in [0.4, 0.5) is 10.5 Å². The van der Waals surface area contributed by atoms with Gasteiger partial charge in [0.1, 0.15) is 11.4 Å². The van der Waals surface area contributed by atoms with Gasteiger partial charge in [0.05, 0.1) is 35.4 Å². The van der Waals surface area contributed by atoms with Crippen LogP contribution in [0.3, 0.4) is 0 Å². The lowest BCUT2D eigenvalue weighted by Gasteiger charge is -2.11. The van der Waals surface area contributed by atoms with Gasteiger partial charge in [-0.3, -0.25) is 24.6 Å². The van der Waals surface area contributed by atoms with Gasteiger partial charge in [0.15, 0.2) is 11.5 Å². The van der Waals surface area contributed by atoms with Gasteiger partial charge in [-0.25, -0.2) is 4.68 Å². The average molecular weight is 608 g/mol. The first-order valence-corrected chi connectivity index (χ1v) is 12.9. The Balaban J connectivity index is 1.29. The summed E-state index contributed by atoms with van der Waals surface area (Å²) >= 11 is 4.22. The van der Waals surface area contributed by atoms with Crippen LogP contribution in [0.1, 0.15) is 11.3 Å². The molecule has 0 saturated carbocycles. The van der Waals surface area contributed by atoms with Crippen molar-refractivity contribution in [3.8, 4) is 22.9 Å². The minimum absolute atomic E-state index is 0.0100. The van der Waals surface area contributed by atoms with Crippen LogP contribution < -0.4 is 9.47 Å². The van der Waals surface area contributed by atoms with Crippen molar-refractivity contribution in [3.63, 3.8) is 0 Å². The van der Waals surface area contributed by atoms with E-state index in [1.54, 1.807) is 35.2 Å². The van der Waals surface area contributed by atoms with Crippen molar-refractivity contribution in [1.29, 1.82) is 0 Å². The summed E-state index contributed by atoms with van der Waals surface area (Å²) in [4.78, 5) is 37.4. The lowest BCUT2D eigenvalue weighted by atomic mass is 10.2. The number of methoxy groups -OCH3 is 1. The van der Waals surface area contributed by atoms with Crippen molar-refractivity contribution in [1.82, 2.24) is 19.9 Å². The van der Waals surface area contributed by atoms with E-state index in [9.17, 15) is 19.7 Å². The molecule has 196 valence electrons. The summed E-state index contributed by atoms with van der Waals surface area (Å²) in [5.74, 6) is 0.717. The molecule has 1 saturated heterocycles. The molecule has 1 aliphatic heterocycles. The molecular formula is C26H18BrN5O6S. The predicted octanol–water partition coefficient (Wildman–Crippen LogP) is 5.98. The van der Waals surface area contributed by atoms with Crippen LogP contribution in [0.15, 0.2) is 82.3 Å². The maximum absolute atomic E-state index is 13.0. The van der Waals surface area contributed by atoms with Crippen LogP contribution in [0.25, 0.3) is 11.8 Å². The Kier molecular flexibility index (Phi) is 7.43. The van der Waals surface area contributed by atoms with E-state index < -0.39 is 16.1 Å². The van der Waals surface area contributed by atoms with E-state index in [2.05, 4.69) is 26.2 Å². The summed E-state index contributed by atoms with van der Waals surface area (Å²) in [6, 6.07) is 18.2. The zero-order chi connectivity index (χ0) is 27.5. The number of rotatable bonds is 8. The lowest BCUT2D eigenvalue weighted by molar-refractivity contribution is -0.384. The second-order valence-corrected chi connectivity index (χ2v) is 10.1. The SMILES string of the molecule is COc1cc(/C=C2\SC(=O)N(Cc3cn(-c4ccc(Br)cc4)nn3)C2=O)ccc1Oc1ccc([N+](=O)[O-])cc1. The van der Waals surface area contributed by atoms with Gasteiger partial charge >= 0.3 is 0 Å². The molecule has 2 heterocycles. The minimum atomic E-state index is -0.492. The lowest BCUT2D eigenvalue weighted by Crippen LogP contribution is -2.27. The average Bonchev–Trinajstić information content (AvgIpc) is 3.50. The summed E-state index contributed by atoms with van der Waals surface area (Å²) < 4.78 is 13.7. The Morgan fingerprint density at radius 1 is 1.05 bits per heavy atom. The largest absolute Gasteiger partial charge is 0.493 e. The molecule has 4 aromatic rings. The Morgan fingerprint density at radius 3 is 2.49 bits per heavy atom. The van der Waals surface area contributed by atoms with Gasteiger partial charge in [-0.1, -0.05) is 27.2 Å². The van der Waals surface area contributed by atoms with E-state index in [0.717, 1.165) is 26.8 Å². The zero-order valence-electron chi connectivity index (χ0n) is 20.2. The summed E-state index contributed by atoms with van der Waals surface area (Å²) in [5, 5.41) is 18.6. The molecule has 0 radical (unpaired) electrons. The quantitative estimate of drug-likeness (QED) is 0.135. The number of aromatic nitrogens is 3. The van der Waals surface area contributed by atoms with Crippen molar-refractivity contribution in [2.24, 2.45) is 0 Å². The molecule has 5 rings (SSSR count). The number of imide groups is 1. The van der Waals surface area contributed by atoms with E-state index >= 15 is 0 Å². The third-order valence-corrected chi connectivity index (χ3v) is 7.02. The normalized spacial score (nSPS) is 14.2. The van der Waals surface area contributed by atoms with Crippen LogP contribution >= 0.6 is 27.7 Å². The van der Waals surface area contributed by atoms with Crippen molar-refractivity contribution < 1.29 is 24.0 Å². The number of carbonyl (C=O) groups excluding carboxylic acids is 2. The second-order valence-electron chi connectivity index (χ2n) is 8.16. The maximum Gasteiger partial charge on any atom is 0.293 e. The standard InChI is InChI=1S/C26H18BrN5O6S/c1-37-23-12-16(2-11-22(23)38-21-9-7-20(8-10-21)32(35)36)13-24-25(33)30(26(34)39-24)14-18-15-31(29-28-18)19-5-3-17(27)4-6-19/h2-13,15H,14H2,1H3/b24-13-. The summed E-state index contributed by atoms with van der Waals surface area (Å²) in [7, 11) is 1.47. The van der Waals surface area contributed by atoms with E-state index in [-0.39, 0.29) is 17.1 Å². The molecular weight excluding hydrogens is 590 g/mol. The van der Waals surface area contributed by atoms with Crippen molar-refractivity contribution in [2.45, 2.75) is 6.54 Å². The molecule has 39 heavy (non-hydrogen) atoms. The fraction of sp³-hybridized carbons (Fsp3) is 0.0769. The van der Waals surface area contributed by atoms with Crippen LogP contribution in [0.2, 0.25) is 0 Å². The summed E-state index contributed by atoms with van der Waals surface area (Å²) in [5.41, 5.74) is 1.83. The van der Waals surface area contributed by atoms with Gasteiger partial charge in [-0.15, -0.1) is 5.10 Å². The van der Waals surface area contributed by atoms with Crippen LogP contribution in [0, 0.1) is 10.1 Å². The minimum Gasteiger partial charge on any atom is -0.493 e. The zero-order valence-corrected chi connectivity index (χ0v) is 22.6. The van der Waals surface area contributed by atoms with E-state index in [1.165, 1.54) is 31.4 Å². The Labute approximate surface area is 234 Å². The highest BCUT2D eigenvalue weighted by Crippen LogP contribution is 2.36. The van der Waals surface area contributed by atoms with E-state index in [1.807, 2.05) is 24.3 Å². The first-order chi connectivity index (χ1) is 18.8. The molecule has 11 nitrogen and oxygen atoms in total. The molecule has 0 atom stereocenters. The Morgan fingerprint density at radius 2 is 1.79 bits per heavy atom. The molecule has 0 unspecified atom stereocenters. The second kappa shape index (κ2) is 11.1. The fourth-order valence-corrected chi connectivity index (χ4v) is 4.76. The number of nitro benzene ring substituents is 1. The molecule has 0 bridgehead atoms. The molecule has 1 aromatic heterocycles. The molecule has 1 fully saturated rings. The number of nitro groups is 1. The third-order valence-electron chi connectivity index (χ3n) is 5.59. The van der Waals surface area contributed by atoms with Gasteiger partial charge < -0.3 is 9.47 Å². The number of carbonyl (C=O) groups is 2. The fourth-order valence-electron chi connectivity index (χ4n) is 3.66. The number of hydrogen-bond acceptors (Lipinski definition) is 9. The van der Waals surface area contributed by atoms with E-state index in [0.29, 0.717) is 28.5 Å². The van der Waals surface area contributed by atoms with Crippen molar-refractivity contribution in [3.05, 3.63) is 104 Å². The highest BCUT2D eigenvalue weighted by Gasteiger charge is 2.35. The number of hydrogen-bond donors (Lipinski definition) is 0. The number of non-ortho nitro benzene ring substituents is 1. The maximum atomic E-state index is 13.0. The van der Waals surface area contributed by atoms with Gasteiger partial charge in [0.2, 0.25) is 0 Å². The van der Waals surface area contributed by atoms with Crippen LogP contribution in [-0.2, 0) is 11.3 Å². The predicted molar refractivity (Wildman–Crippen MR) is 147 cm³/mol. The molecule has 2 amide bonds. The highest BCUT2D eigenvalue weighted by molar-refractivity contribution is 9.10. The number of nitrogens with zero attached hydrogens (tertiary/aromatic N) is 5.